The first-order chi connectivity index (χ1) is 12.6. The Bertz CT molecular complexity index is 944. The lowest BCUT2D eigenvalue weighted by Gasteiger charge is -2.35. The molecule has 0 radical (unpaired) electrons. The van der Waals surface area contributed by atoms with Crippen molar-refractivity contribution >= 4 is 23.2 Å². The van der Waals surface area contributed by atoms with Crippen molar-refractivity contribution in [3.63, 3.8) is 0 Å². The first kappa shape index (κ1) is 16.3. The third-order valence-electron chi connectivity index (χ3n) is 4.88. The van der Waals surface area contributed by atoms with Crippen molar-refractivity contribution in [3.05, 3.63) is 47.8 Å². The lowest BCUT2D eigenvalue weighted by Crippen LogP contribution is -2.50. The van der Waals surface area contributed by atoms with E-state index in [1.54, 1.807) is 10.8 Å². The molecule has 1 saturated heterocycles. The Hall–Kier alpha value is -3.16. The molecule has 134 valence electrons. The van der Waals surface area contributed by atoms with E-state index >= 15 is 0 Å². The van der Waals surface area contributed by atoms with Gasteiger partial charge in [0.25, 0.3) is 0 Å². The molecule has 26 heavy (non-hydrogen) atoms. The standard InChI is InChI=1S/C18H21N7O/c1-13-4-3-5-15(14(13)2)20-18(26)24-10-8-23(9-11-24)17-7-6-16-21-19-12-25(16)22-17/h3-7,12H,8-11H2,1-2H3,(H,20,26). The van der Waals surface area contributed by atoms with Gasteiger partial charge in [-0.05, 0) is 43.2 Å². The van der Waals surface area contributed by atoms with Crippen molar-refractivity contribution in [2.75, 3.05) is 36.4 Å². The van der Waals surface area contributed by atoms with Crippen molar-refractivity contribution in [1.82, 2.24) is 24.7 Å². The predicted molar refractivity (Wildman–Crippen MR) is 99.5 cm³/mol. The summed E-state index contributed by atoms with van der Waals surface area (Å²) in [6.07, 6.45) is 1.59. The largest absolute Gasteiger partial charge is 0.352 e. The number of anilines is 2. The molecule has 1 aliphatic rings. The Morgan fingerprint density at radius 2 is 1.88 bits per heavy atom. The number of carbonyl (C=O) groups is 1. The zero-order valence-corrected chi connectivity index (χ0v) is 14.9. The van der Waals surface area contributed by atoms with Gasteiger partial charge in [-0.15, -0.1) is 15.3 Å². The van der Waals surface area contributed by atoms with E-state index < -0.39 is 0 Å². The molecule has 2 amide bonds. The number of piperazine rings is 1. The van der Waals surface area contributed by atoms with E-state index in [1.807, 2.05) is 49.1 Å². The predicted octanol–water partition coefficient (Wildman–Crippen LogP) is 2.10. The Morgan fingerprint density at radius 3 is 2.69 bits per heavy atom. The van der Waals surface area contributed by atoms with Gasteiger partial charge in [0.1, 0.15) is 12.1 Å². The third-order valence-corrected chi connectivity index (χ3v) is 4.88. The van der Waals surface area contributed by atoms with Gasteiger partial charge in [-0.25, -0.2) is 4.79 Å². The van der Waals surface area contributed by atoms with Crippen molar-refractivity contribution in [3.8, 4) is 0 Å². The molecule has 0 aliphatic carbocycles. The maximum absolute atomic E-state index is 12.6. The van der Waals surface area contributed by atoms with E-state index in [-0.39, 0.29) is 6.03 Å². The van der Waals surface area contributed by atoms with E-state index in [0.717, 1.165) is 35.8 Å². The van der Waals surface area contributed by atoms with Gasteiger partial charge >= 0.3 is 6.03 Å². The second-order valence-electron chi connectivity index (χ2n) is 6.48. The Balaban J connectivity index is 1.39. The minimum Gasteiger partial charge on any atom is -0.352 e. The number of nitrogens with one attached hydrogen (secondary N) is 1. The van der Waals surface area contributed by atoms with Crippen LogP contribution in [-0.2, 0) is 0 Å². The van der Waals surface area contributed by atoms with Crippen molar-refractivity contribution in [1.29, 1.82) is 0 Å². The monoisotopic (exact) mass is 351 g/mol. The summed E-state index contributed by atoms with van der Waals surface area (Å²) in [5.74, 6) is 0.867. The van der Waals surface area contributed by atoms with Crippen LogP contribution < -0.4 is 10.2 Å². The Kier molecular flexibility index (Phi) is 4.16. The number of aromatic nitrogens is 4. The fourth-order valence-electron chi connectivity index (χ4n) is 3.11. The molecular weight excluding hydrogens is 330 g/mol. The Labute approximate surface area is 151 Å². The molecule has 1 aromatic carbocycles. The number of carbonyl (C=O) groups excluding carboxylic acids is 1. The second kappa shape index (κ2) is 6.62. The van der Waals surface area contributed by atoms with Gasteiger partial charge in [0, 0.05) is 31.9 Å². The SMILES string of the molecule is Cc1cccc(NC(=O)N2CCN(c3ccc4nncn4n3)CC2)c1C. The Morgan fingerprint density at radius 1 is 1.08 bits per heavy atom. The minimum absolute atomic E-state index is 0.0550. The number of nitrogens with zero attached hydrogens (tertiary/aromatic N) is 6. The van der Waals surface area contributed by atoms with Crippen molar-refractivity contribution in [2.24, 2.45) is 0 Å². The molecular formula is C18H21N7O. The van der Waals surface area contributed by atoms with Crippen LogP contribution in [0.25, 0.3) is 5.65 Å². The van der Waals surface area contributed by atoms with Crippen LogP contribution in [0.15, 0.2) is 36.7 Å². The van der Waals surface area contributed by atoms with Gasteiger partial charge in [-0.3, -0.25) is 0 Å². The number of amides is 2. The number of aryl methyl sites for hydroxylation is 1. The minimum atomic E-state index is -0.0550. The number of hydrogen-bond donors (Lipinski definition) is 1. The van der Waals surface area contributed by atoms with Crippen molar-refractivity contribution < 1.29 is 4.79 Å². The smallest absolute Gasteiger partial charge is 0.321 e. The van der Waals surface area contributed by atoms with Crippen LogP contribution in [0.2, 0.25) is 0 Å². The quantitative estimate of drug-likeness (QED) is 0.765. The summed E-state index contributed by atoms with van der Waals surface area (Å²) >= 11 is 0. The molecule has 0 spiro atoms. The van der Waals surface area contributed by atoms with E-state index in [9.17, 15) is 4.79 Å². The van der Waals surface area contributed by atoms with Gasteiger partial charge < -0.3 is 15.1 Å². The fraction of sp³-hybridized carbons (Fsp3) is 0.333. The molecule has 3 aromatic rings. The summed E-state index contributed by atoms with van der Waals surface area (Å²) in [7, 11) is 0. The normalized spacial score (nSPS) is 14.7. The molecule has 3 heterocycles. The van der Waals surface area contributed by atoms with Crippen LogP contribution in [0.4, 0.5) is 16.3 Å². The van der Waals surface area contributed by atoms with Crippen LogP contribution in [0, 0.1) is 13.8 Å². The number of benzene rings is 1. The molecule has 1 N–H and O–H groups in total. The van der Waals surface area contributed by atoms with E-state index in [0.29, 0.717) is 13.1 Å². The molecule has 0 unspecified atom stereocenters. The van der Waals surface area contributed by atoms with Gasteiger partial charge in [0.15, 0.2) is 5.65 Å². The summed E-state index contributed by atoms with van der Waals surface area (Å²) in [5, 5.41) is 15.4. The fourth-order valence-corrected chi connectivity index (χ4v) is 3.11. The summed E-state index contributed by atoms with van der Waals surface area (Å²) in [4.78, 5) is 16.6. The van der Waals surface area contributed by atoms with Crippen LogP contribution >= 0.6 is 0 Å². The van der Waals surface area contributed by atoms with Gasteiger partial charge in [-0.2, -0.15) is 4.52 Å². The maximum Gasteiger partial charge on any atom is 0.321 e. The molecule has 2 aromatic heterocycles. The lowest BCUT2D eigenvalue weighted by molar-refractivity contribution is 0.208. The van der Waals surface area contributed by atoms with Gasteiger partial charge in [-0.1, -0.05) is 12.1 Å². The number of hydrogen-bond acceptors (Lipinski definition) is 5. The molecule has 1 fully saturated rings. The van der Waals surface area contributed by atoms with Crippen LogP contribution in [0.3, 0.4) is 0 Å². The maximum atomic E-state index is 12.6. The molecule has 8 heteroatoms. The second-order valence-corrected chi connectivity index (χ2v) is 6.48. The highest BCUT2D eigenvalue weighted by Gasteiger charge is 2.22. The number of fused-ring (bicyclic) bond motifs is 1. The highest BCUT2D eigenvalue weighted by Crippen LogP contribution is 2.19. The molecule has 0 bridgehead atoms. The summed E-state index contributed by atoms with van der Waals surface area (Å²) < 4.78 is 1.66. The van der Waals surface area contributed by atoms with Crippen LogP contribution in [0.5, 0.6) is 0 Å². The van der Waals surface area contributed by atoms with Gasteiger partial charge in [0.2, 0.25) is 0 Å². The summed E-state index contributed by atoms with van der Waals surface area (Å²) in [6.45, 7) is 6.85. The molecule has 8 nitrogen and oxygen atoms in total. The van der Waals surface area contributed by atoms with Crippen LogP contribution in [0.1, 0.15) is 11.1 Å². The van der Waals surface area contributed by atoms with E-state index in [4.69, 9.17) is 0 Å². The number of rotatable bonds is 2. The lowest BCUT2D eigenvalue weighted by atomic mass is 10.1. The summed E-state index contributed by atoms with van der Waals surface area (Å²) in [6, 6.07) is 9.73. The topological polar surface area (TPSA) is 78.7 Å². The molecule has 1 aliphatic heterocycles. The molecule has 4 rings (SSSR count). The summed E-state index contributed by atoms with van der Waals surface area (Å²) in [5.41, 5.74) is 3.87. The van der Waals surface area contributed by atoms with E-state index in [1.165, 1.54) is 5.56 Å². The highest BCUT2D eigenvalue weighted by molar-refractivity contribution is 5.90. The zero-order chi connectivity index (χ0) is 18.1. The highest BCUT2D eigenvalue weighted by atomic mass is 16.2. The molecule has 0 atom stereocenters. The van der Waals surface area contributed by atoms with Crippen LogP contribution in [-0.4, -0.2) is 56.9 Å². The average Bonchev–Trinajstić information content (AvgIpc) is 3.13. The van der Waals surface area contributed by atoms with Gasteiger partial charge in [0.05, 0.1) is 0 Å². The van der Waals surface area contributed by atoms with Crippen molar-refractivity contribution in [2.45, 2.75) is 13.8 Å². The number of urea groups is 1. The molecule has 0 saturated carbocycles. The van der Waals surface area contributed by atoms with E-state index in [2.05, 4.69) is 25.5 Å². The average molecular weight is 351 g/mol. The first-order valence-corrected chi connectivity index (χ1v) is 8.66. The zero-order valence-electron chi connectivity index (χ0n) is 14.9. The third kappa shape index (κ3) is 3.05. The first-order valence-electron chi connectivity index (χ1n) is 8.66.